The first-order chi connectivity index (χ1) is 10.3. The quantitative estimate of drug-likeness (QED) is 0.506. The topological polar surface area (TPSA) is 54.7 Å². The molecule has 0 spiro atoms. The number of ether oxygens (including phenoxy) is 1. The summed E-state index contributed by atoms with van der Waals surface area (Å²) in [5.41, 5.74) is 0. The van der Waals surface area contributed by atoms with E-state index in [1.165, 1.54) is 6.42 Å². The number of methoxy groups -OCH3 is 1. The minimum atomic E-state index is 0.457. The third-order valence-corrected chi connectivity index (χ3v) is 4.15. The van der Waals surface area contributed by atoms with Crippen molar-refractivity contribution in [1.82, 2.24) is 19.8 Å². The van der Waals surface area contributed by atoms with Crippen molar-refractivity contribution in [2.24, 2.45) is 10.9 Å². The van der Waals surface area contributed by atoms with Gasteiger partial charge in [-0.3, -0.25) is 4.99 Å². The number of guanidine groups is 1. The van der Waals surface area contributed by atoms with Gasteiger partial charge in [-0.05, 0) is 18.8 Å². The van der Waals surface area contributed by atoms with Crippen LogP contribution in [0.4, 0.5) is 0 Å². The van der Waals surface area contributed by atoms with Crippen LogP contribution in [0.1, 0.15) is 25.8 Å². The normalized spacial score (nSPS) is 23.4. The van der Waals surface area contributed by atoms with E-state index in [2.05, 4.69) is 37.9 Å². The fourth-order valence-electron chi connectivity index (χ4n) is 2.84. The van der Waals surface area contributed by atoms with Crippen molar-refractivity contribution in [2.45, 2.75) is 25.8 Å². The first-order valence-corrected chi connectivity index (χ1v) is 7.68. The Balaban J connectivity index is 1.93. The Hall–Kier alpha value is -1.56. The van der Waals surface area contributed by atoms with Crippen LogP contribution >= 0.6 is 0 Å². The molecule has 1 N–H and O–H groups in total. The summed E-state index contributed by atoms with van der Waals surface area (Å²) in [5, 5.41) is 3.43. The molecule has 1 aliphatic heterocycles. The summed E-state index contributed by atoms with van der Waals surface area (Å²) in [6, 6.07) is 0.457. The van der Waals surface area contributed by atoms with Crippen LogP contribution in [0.5, 0.6) is 0 Å². The minimum Gasteiger partial charge on any atom is -0.385 e. The number of hydrogen-bond acceptors (Lipinski definition) is 3. The van der Waals surface area contributed by atoms with E-state index in [-0.39, 0.29) is 0 Å². The van der Waals surface area contributed by atoms with Crippen LogP contribution < -0.4 is 5.32 Å². The molecular formula is C15H27N5O. The highest BCUT2D eigenvalue weighted by molar-refractivity contribution is 5.80. The lowest BCUT2D eigenvalue weighted by Crippen LogP contribution is -2.49. The van der Waals surface area contributed by atoms with E-state index in [9.17, 15) is 0 Å². The Morgan fingerprint density at radius 2 is 2.38 bits per heavy atom. The van der Waals surface area contributed by atoms with E-state index in [1.54, 1.807) is 7.11 Å². The first-order valence-electron chi connectivity index (χ1n) is 7.68. The number of nitrogens with zero attached hydrogens (tertiary/aromatic N) is 4. The number of aromatic nitrogens is 2. The molecule has 1 aliphatic rings. The molecule has 2 rings (SSSR count). The number of imidazole rings is 1. The molecule has 21 heavy (non-hydrogen) atoms. The summed E-state index contributed by atoms with van der Waals surface area (Å²) in [7, 11) is 3.58. The SMILES string of the molecule is CN=C(NCCCOC)N1CCC(C)C(n2ccnc2)C1. The molecule has 118 valence electrons. The van der Waals surface area contributed by atoms with Crippen LogP contribution in [0.3, 0.4) is 0 Å². The predicted molar refractivity (Wildman–Crippen MR) is 84.5 cm³/mol. The van der Waals surface area contributed by atoms with Gasteiger partial charge in [-0.25, -0.2) is 4.98 Å². The monoisotopic (exact) mass is 293 g/mol. The van der Waals surface area contributed by atoms with Crippen LogP contribution in [-0.2, 0) is 4.74 Å². The van der Waals surface area contributed by atoms with Crippen molar-refractivity contribution in [1.29, 1.82) is 0 Å². The van der Waals surface area contributed by atoms with Gasteiger partial charge in [-0.2, -0.15) is 0 Å². The number of nitrogens with one attached hydrogen (secondary N) is 1. The smallest absolute Gasteiger partial charge is 0.193 e. The first kappa shape index (κ1) is 15.8. The van der Waals surface area contributed by atoms with Crippen molar-refractivity contribution < 1.29 is 4.74 Å². The van der Waals surface area contributed by atoms with Gasteiger partial charge in [0.15, 0.2) is 5.96 Å². The summed E-state index contributed by atoms with van der Waals surface area (Å²) >= 11 is 0. The molecule has 0 radical (unpaired) electrons. The molecule has 6 heteroatoms. The molecule has 6 nitrogen and oxygen atoms in total. The third kappa shape index (κ3) is 4.20. The van der Waals surface area contributed by atoms with Crippen molar-refractivity contribution in [3.05, 3.63) is 18.7 Å². The Labute approximate surface area is 127 Å². The average Bonchev–Trinajstić information content (AvgIpc) is 3.02. The molecule has 0 amide bonds. The summed E-state index contributed by atoms with van der Waals surface area (Å²) in [6.45, 7) is 6.01. The van der Waals surface area contributed by atoms with Gasteiger partial charge in [-0.15, -0.1) is 0 Å². The fourth-order valence-corrected chi connectivity index (χ4v) is 2.84. The zero-order valence-corrected chi connectivity index (χ0v) is 13.3. The standard InChI is InChI=1S/C15H27N5O/c1-13-5-8-19(11-14(13)20-9-7-17-12-20)15(16-2)18-6-4-10-21-3/h7,9,12-14H,4-6,8,10-11H2,1-3H3,(H,16,18). The lowest BCUT2D eigenvalue weighted by Gasteiger charge is -2.39. The van der Waals surface area contributed by atoms with Gasteiger partial charge in [-0.1, -0.05) is 6.92 Å². The molecule has 0 saturated carbocycles. The molecule has 1 saturated heterocycles. The van der Waals surface area contributed by atoms with E-state index in [0.717, 1.165) is 38.6 Å². The van der Waals surface area contributed by atoms with Gasteiger partial charge in [0.05, 0.1) is 12.4 Å². The molecule has 0 aromatic carbocycles. The maximum absolute atomic E-state index is 5.08. The lowest BCUT2D eigenvalue weighted by atomic mass is 9.93. The second-order valence-corrected chi connectivity index (χ2v) is 5.61. The van der Waals surface area contributed by atoms with Gasteiger partial charge in [0, 0.05) is 52.8 Å². The summed E-state index contributed by atoms with van der Waals surface area (Å²) in [6.07, 6.45) is 7.98. The number of rotatable bonds is 5. The van der Waals surface area contributed by atoms with E-state index < -0.39 is 0 Å². The second kappa shape index (κ2) is 8.02. The number of likely N-dealkylation sites (tertiary alicyclic amines) is 1. The van der Waals surface area contributed by atoms with Crippen molar-refractivity contribution in [2.75, 3.05) is 40.4 Å². The van der Waals surface area contributed by atoms with Crippen LogP contribution in [0.2, 0.25) is 0 Å². The second-order valence-electron chi connectivity index (χ2n) is 5.61. The minimum absolute atomic E-state index is 0.457. The fraction of sp³-hybridized carbons (Fsp3) is 0.733. The maximum Gasteiger partial charge on any atom is 0.193 e. The number of aliphatic imine (C=N–C) groups is 1. The highest BCUT2D eigenvalue weighted by atomic mass is 16.5. The molecule has 2 atom stereocenters. The van der Waals surface area contributed by atoms with E-state index in [1.807, 2.05) is 19.6 Å². The summed E-state index contributed by atoms with van der Waals surface area (Å²) < 4.78 is 7.30. The molecular weight excluding hydrogens is 266 g/mol. The zero-order chi connectivity index (χ0) is 15.1. The van der Waals surface area contributed by atoms with Crippen molar-refractivity contribution in [3.8, 4) is 0 Å². The molecule has 2 heterocycles. The van der Waals surface area contributed by atoms with Gasteiger partial charge >= 0.3 is 0 Å². The molecule has 0 aliphatic carbocycles. The van der Waals surface area contributed by atoms with Gasteiger partial charge < -0.3 is 19.5 Å². The van der Waals surface area contributed by atoms with Crippen LogP contribution in [0, 0.1) is 5.92 Å². The Kier molecular flexibility index (Phi) is 6.04. The molecule has 1 aromatic heterocycles. The van der Waals surface area contributed by atoms with Gasteiger partial charge in [0.2, 0.25) is 0 Å². The summed E-state index contributed by atoms with van der Waals surface area (Å²) in [5.74, 6) is 1.64. The van der Waals surface area contributed by atoms with Crippen molar-refractivity contribution in [3.63, 3.8) is 0 Å². The molecule has 1 fully saturated rings. The van der Waals surface area contributed by atoms with Crippen LogP contribution in [0.25, 0.3) is 0 Å². The Bertz CT molecular complexity index is 431. The van der Waals surface area contributed by atoms with Crippen molar-refractivity contribution >= 4 is 5.96 Å². The number of piperidine rings is 1. The van der Waals surface area contributed by atoms with E-state index in [0.29, 0.717) is 12.0 Å². The Morgan fingerprint density at radius 3 is 3.05 bits per heavy atom. The van der Waals surface area contributed by atoms with Gasteiger partial charge in [0.1, 0.15) is 0 Å². The predicted octanol–water partition coefficient (Wildman–Crippen LogP) is 1.38. The average molecular weight is 293 g/mol. The zero-order valence-electron chi connectivity index (χ0n) is 13.3. The largest absolute Gasteiger partial charge is 0.385 e. The maximum atomic E-state index is 5.08. The van der Waals surface area contributed by atoms with E-state index >= 15 is 0 Å². The highest BCUT2D eigenvalue weighted by Gasteiger charge is 2.28. The summed E-state index contributed by atoms with van der Waals surface area (Å²) in [4.78, 5) is 10.9. The van der Waals surface area contributed by atoms with Crippen LogP contribution in [-0.4, -0.2) is 60.8 Å². The Morgan fingerprint density at radius 1 is 1.52 bits per heavy atom. The number of hydrogen-bond donors (Lipinski definition) is 1. The highest BCUT2D eigenvalue weighted by Crippen LogP contribution is 2.27. The van der Waals surface area contributed by atoms with Gasteiger partial charge in [0.25, 0.3) is 0 Å². The molecule has 1 aromatic rings. The third-order valence-electron chi connectivity index (χ3n) is 4.15. The van der Waals surface area contributed by atoms with Crippen LogP contribution in [0.15, 0.2) is 23.7 Å². The molecule has 2 unspecified atom stereocenters. The van der Waals surface area contributed by atoms with E-state index in [4.69, 9.17) is 4.74 Å². The molecule has 0 bridgehead atoms. The lowest BCUT2D eigenvalue weighted by molar-refractivity contribution is 0.185.